The number of anilines is 1. The molecule has 0 unspecified atom stereocenters. The third-order valence-corrected chi connectivity index (χ3v) is 2.46. The lowest BCUT2D eigenvalue weighted by molar-refractivity contribution is 0.388. The van der Waals surface area contributed by atoms with Crippen molar-refractivity contribution in [3.63, 3.8) is 0 Å². The number of rotatable bonds is 3. The van der Waals surface area contributed by atoms with E-state index in [0.29, 0.717) is 24.2 Å². The summed E-state index contributed by atoms with van der Waals surface area (Å²) in [4.78, 5) is 12.7. The zero-order valence-corrected chi connectivity index (χ0v) is 9.79. The first-order valence-corrected chi connectivity index (χ1v) is 5.56. The van der Waals surface area contributed by atoms with Crippen LogP contribution in [0.5, 0.6) is 0 Å². The molecule has 0 atom stereocenters. The molecule has 90 valence electrons. The van der Waals surface area contributed by atoms with Gasteiger partial charge in [0.1, 0.15) is 0 Å². The van der Waals surface area contributed by atoms with Crippen LogP contribution >= 0.6 is 0 Å². The molecule has 2 aromatic heterocycles. The fourth-order valence-corrected chi connectivity index (χ4v) is 1.63. The molecule has 0 aliphatic heterocycles. The molecule has 2 heterocycles. The Labute approximate surface area is 103 Å². The van der Waals surface area contributed by atoms with Crippen LogP contribution in [0.2, 0.25) is 0 Å². The fraction of sp³-hybridized carbons (Fsp3) is 0.167. The van der Waals surface area contributed by atoms with Gasteiger partial charge in [-0.15, -0.1) is 0 Å². The van der Waals surface area contributed by atoms with Crippen LogP contribution in [0, 0.1) is 6.92 Å². The highest BCUT2D eigenvalue weighted by Crippen LogP contribution is 2.11. The molecule has 0 aliphatic rings. The maximum absolute atomic E-state index is 4.88. The van der Waals surface area contributed by atoms with Crippen molar-refractivity contribution in [1.82, 2.24) is 20.1 Å². The maximum Gasteiger partial charge on any atom is 0.223 e. The smallest absolute Gasteiger partial charge is 0.223 e. The first-order chi connectivity index (χ1) is 8.81. The lowest BCUT2D eigenvalue weighted by Gasteiger charge is -2.02. The van der Waals surface area contributed by atoms with Crippen LogP contribution in [0.4, 0.5) is 5.95 Å². The van der Waals surface area contributed by atoms with Gasteiger partial charge in [-0.1, -0.05) is 23.4 Å². The molecule has 0 aliphatic carbocycles. The van der Waals surface area contributed by atoms with Crippen LogP contribution in [0.15, 0.2) is 35.0 Å². The highest BCUT2D eigenvalue weighted by atomic mass is 16.5. The van der Waals surface area contributed by atoms with Gasteiger partial charge in [-0.05, 0) is 6.07 Å². The van der Waals surface area contributed by atoms with E-state index in [1.807, 2.05) is 24.3 Å². The molecule has 3 aromatic rings. The topological polar surface area (TPSA) is 76.7 Å². The Hall–Kier alpha value is -2.50. The minimum atomic E-state index is 0.440. The van der Waals surface area contributed by atoms with Gasteiger partial charge in [-0.3, -0.25) is 0 Å². The van der Waals surface area contributed by atoms with E-state index in [2.05, 4.69) is 25.4 Å². The van der Waals surface area contributed by atoms with E-state index in [1.165, 1.54) is 0 Å². The standard InChI is InChI=1S/C12H11N5O/c1-8-15-11(17-18-8)7-14-12-13-6-9-4-2-3-5-10(9)16-12/h2-6H,7H2,1H3,(H,13,14,16). The van der Waals surface area contributed by atoms with E-state index in [-0.39, 0.29) is 0 Å². The van der Waals surface area contributed by atoms with Gasteiger partial charge in [0, 0.05) is 18.5 Å². The molecule has 1 aromatic carbocycles. The Bertz CT molecular complexity index is 679. The summed E-state index contributed by atoms with van der Waals surface area (Å²) in [5, 5.41) is 7.86. The summed E-state index contributed by atoms with van der Waals surface area (Å²) >= 11 is 0. The zero-order valence-electron chi connectivity index (χ0n) is 9.79. The lowest BCUT2D eigenvalue weighted by atomic mass is 10.2. The molecule has 6 heteroatoms. The summed E-state index contributed by atoms with van der Waals surface area (Å²) in [7, 11) is 0. The second kappa shape index (κ2) is 4.40. The highest BCUT2D eigenvalue weighted by molar-refractivity contribution is 5.78. The Kier molecular flexibility index (Phi) is 2.60. The fourth-order valence-electron chi connectivity index (χ4n) is 1.63. The van der Waals surface area contributed by atoms with E-state index in [4.69, 9.17) is 4.52 Å². The molecule has 0 saturated heterocycles. The molecular formula is C12H11N5O. The number of nitrogens with one attached hydrogen (secondary N) is 1. The monoisotopic (exact) mass is 241 g/mol. The van der Waals surface area contributed by atoms with E-state index in [0.717, 1.165) is 10.9 Å². The molecular weight excluding hydrogens is 230 g/mol. The quantitative estimate of drug-likeness (QED) is 0.755. The number of hydrogen-bond acceptors (Lipinski definition) is 6. The number of hydrogen-bond donors (Lipinski definition) is 1. The van der Waals surface area contributed by atoms with Crippen LogP contribution in [0.25, 0.3) is 10.9 Å². The average Bonchev–Trinajstić information content (AvgIpc) is 2.82. The molecule has 6 nitrogen and oxygen atoms in total. The maximum atomic E-state index is 4.88. The first-order valence-electron chi connectivity index (χ1n) is 5.56. The number of benzene rings is 1. The van der Waals surface area contributed by atoms with Crippen LogP contribution in [0.1, 0.15) is 11.7 Å². The van der Waals surface area contributed by atoms with Crippen molar-refractivity contribution in [2.24, 2.45) is 0 Å². The van der Waals surface area contributed by atoms with Crippen LogP contribution in [-0.4, -0.2) is 20.1 Å². The molecule has 0 amide bonds. The van der Waals surface area contributed by atoms with Crippen LogP contribution in [-0.2, 0) is 6.54 Å². The van der Waals surface area contributed by atoms with Crippen molar-refractivity contribution < 1.29 is 4.52 Å². The molecule has 3 rings (SSSR count). The van der Waals surface area contributed by atoms with Crippen molar-refractivity contribution in [2.45, 2.75) is 13.5 Å². The van der Waals surface area contributed by atoms with Crippen molar-refractivity contribution in [1.29, 1.82) is 0 Å². The van der Waals surface area contributed by atoms with Gasteiger partial charge in [0.05, 0.1) is 12.1 Å². The van der Waals surface area contributed by atoms with Gasteiger partial charge in [-0.25, -0.2) is 9.97 Å². The van der Waals surface area contributed by atoms with E-state index in [9.17, 15) is 0 Å². The van der Waals surface area contributed by atoms with Crippen molar-refractivity contribution in [2.75, 3.05) is 5.32 Å². The predicted molar refractivity (Wildman–Crippen MR) is 65.9 cm³/mol. The van der Waals surface area contributed by atoms with Gasteiger partial charge in [-0.2, -0.15) is 4.98 Å². The minimum Gasteiger partial charge on any atom is -0.347 e. The minimum absolute atomic E-state index is 0.440. The Morgan fingerprint density at radius 2 is 2.11 bits per heavy atom. The number of nitrogens with zero attached hydrogens (tertiary/aromatic N) is 4. The SMILES string of the molecule is Cc1nc(CNc2ncc3ccccc3n2)no1. The van der Waals surface area contributed by atoms with E-state index in [1.54, 1.807) is 13.1 Å². The van der Waals surface area contributed by atoms with Gasteiger partial charge in [0.25, 0.3) is 0 Å². The van der Waals surface area contributed by atoms with Gasteiger partial charge < -0.3 is 9.84 Å². The zero-order chi connectivity index (χ0) is 12.4. The van der Waals surface area contributed by atoms with Gasteiger partial charge in [0.2, 0.25) is 11.8 Å². The molecule has 0 saturated carbocycles. The normalized spacial score (nSPS) is 10.7. The summed E-state index contributed by atoms with van der Waals surface area (Å²) in [6.07, 6.45) is 1.78. The first kappa shape index (κ1) is 10.6. The summed E-state index contributed by atoms with van der Waals surface area (Å²) in [6, 6.07) is 7.82. The molecule has 1 N–H and O–H groups in total. The third kappa shape index (κ3) is 2.13. The van der Waals surface area contributed by atoms with Crippen molar-refractivity contribution in [3.05, 3.63) is 42.2 Å². The van der Waals surface area contributed by atoms with Crippen molar-refractivity contribution in [3.8, 4) is 0 Å². The second-order valence-electron chi connectivity index (χ2n) is 3.84. The number of fused-ring (bicyclic) bond motifs is 1. The van der Waals surface area contributed by atoms with Crippen molar-refractivity contribution >= 4 is 16.9 Å². The lowest BCUT2D eigenvalue weighted by Crippen LogP contribution is -2.04. The Morgan fingerprint density at radius 1 is 1.22 bits per heavy atom. The molecule has 0 fully saturated rings. The predicted octanol–water partition coefficient (Wildman–Crippen LogP) is 1.93. The van der Waals surface area contributed by atoms with E-state index < -0.39 is 0 Å². The summed E-state index contributed by atoms with van der Waals surface area (Å²) in [6.45, 7) is 2.19. The second-order valence-corrected chi connectivity index (χ2v) is 3.84. The summed E-state index contributed by atoms with van der Waals surface area (Å²) < 4.78 is 4.88. The van der Waals surface area contributed by atoms with Crippen LogP contribution < -0.4 is 5.32 Å². The molecule has 18 heavy (non-hydrogen) atoms. The Balaban J connectivity index is 1.78. The van der Waals surface area contributed by atoms with E-state index >= 15 is 0 Å². The molecule has 0 bridgehead atoms. The number of para-hydroxylation sites is 1. The average molecular weight is 241 g/mol. The third-order valence-electron chi connectivity index (χ3n) is 2.46. The highest BCUT2D eigenvalue weighted by Gasteiger charge is 2.03. The van der Waals surface area contributed by atoms with Gasteiger partial charge in [0.15, 0.2) is 5.82 Å². The van der Waals surface area contributed by atoms with Gasteiger partial charge >= 0.3 is 0 Å². The largest absolute Gasteiger partial charge is 0.347 e. The Morgan fingerprint density at radius 3 is 2.94 bits per heavy atom. The number of aryl methyl sites for hydroxylation is 1. The summed E-state index contributed by atoms with van der Waals surface area (Å²) in [5.74, 6) is 1.69. The number of aromatic nitrogens is 4. The van der Waals surface area contributed by atoms with Crippen LogP contribution in [0.3, 0.4) is 0 Å². The molecule has 0 radical (unpaired) electrons. The molecule has 0 spiro atoms. The summed E-state index contributed by atoms with van der Waals surface area (Å²) in [5.41, 5.74) is 0.902.